The molecular weight excluding hydrogens is 224 g/mol. The first-order chi connectivity index (χ1) is 8.80. The number of nitriles is 1. The molecule has 96 valence electrons. The van der Waals surface area contributed by atoms with Crippen molar-refractivity contribution in [1.29, 1.82) is 5.26 Å². The Morgan fingerprint density at radius 3 is 2.94 bits per heavy atom. The first kappa shape index (κ1) is 12.8. The summed E-state index contributed by atoms with van der Waals surface area (Å²) in [5, 5.41) is 12.7. The Morgan fingerprint density at radius 1 is 1.44 bits per heavy atom. The zero-order valence-corrected chi connectivity index (χ0v) is 11.1. The minimum Gasteiger partial charge on any atom is -0.495 e. The van der Waals surface area contributed by atoms with E-state index in [0.717, 1.165) is 11.4 Å². The number of nitrogens with zero attached hydrogens (tertiary/aromatic N) is 1. The second-order valence-corrected chi connectivity index (χ2v) is 4.84. The Labute approximate surface area is 109 Å². The highest BCUT2D eigenvalue weighted by atomic mass is 16.5. The number of ether oxygens (including phenoxy) is 1. The molecule has 1 saturated carbocycles. The number of rotatable bonds is 4. The van der Waals surface area contributed by atoms with Gasteiger partial charge in [0.25, 0.3) is 0 Å². The molecule has 3 heteroatoms. The van der Waals surface area contributed by atoms with Crippen molar-refractivity contribution in [2.24, 2.45) is 5.92 Å². The number of anilines is 1. The molecule has 2 atom stereocenters. The topological polar surface area (TPSA) is 45.0 Å². The minimum atomic E-state index is 0.471. The van der Waals surface area contributed by atoms with Crippen molar-refractivity contribution in [2.45, 2.75) is 38.6 Å². The molecule has 0 aromatic heterocycles. The lowest BCUT2D eigenvalue weighted by molar-refractivity contribution is 0.414. The molecule has 0 amide bonds. The fraction of sp³-hybridized carbons (Fsp3) is 0.533. The third-order valence-corrected chi connectivity index (χ3v) is 3.88. The van der Waals surface area contributed by atoms with Crippen LogP contribution in [-0.2, 0) is 0 Å². The molecule has 1 aromatic carbocycles. The normalized spacial score (nSPS) is 22.5. The van der Waals surface area contributed by atoms with Gasteiger partial charge in [-0.25, -0.2) is 0 Å². The summed E-state index contributed by atoms with van der Waals surface area (Å²) in [5.74, 6) is 1.47. The quantitative estimate of drug-likeness (QED) is 0.880. The summed E-state index contributed by atoms with van der Waals surface area (Å²) in [7, 11) is 1.65. The fourth-order valence-electron chi connectivity index (χ4n) is 2.84. The van der Waals surface area contributed by atoms with Crippen LogP contribution in [0.5, 0.6) is 5.75 Å². The predicted molar refractivity (Wildman–Crippen MR) is 72.8 cm³/mol. The Hall–Kier alpha value is -1.69. The van der Waals surface area contributed by atoms with E-state index >= 15 is 0 Å². The van der Waals surface area contributed by atoms with Crippen LogP contribution in [0.3, 0.4) is 0 Å². The van der Waals surface area contributed by atoms with Crippen LogP contribution in [0.25, 0.3) is 0 Å². The SMILES string of the molecule is CCC1CCCC1Nc1c(C#N)cccc1OC. The van der Waals surface area contributed by atoms with Gasteiger partial charge in [-0.15, -0.1) is 0 Å². The first-order valence-corrected chi connectivity index (χ1v) is 6.63. The van der Waals surface area contributed by atoms with Gasteiger partial charge in [-0.3, -0.25) is 0 Å². The lowest BCUT2D eigenvalue weighted by Gasteiger charge is -2.22. The van der Waals surface area contributed by atoms with Crippen molar-refractivity contribution in [3.05, 3.63) is 23.8 Å². The maximum absolute atomic E-state index is 9.19. The molecule has 18 heavy (non-hydrogen) atoms. The van der Waals surface area contributed by atoms with E-state index in [2.05, 4.69) is 18.3 Å². The van der Waals surface area contributed by atoms with Crippen LogP contribution < -0.4 is 10.1 Å². The summed E-state index contributed by atoms with van der Waals surface area (Å²) < 4.78 is 5.35. The molecule has 1 aliphatic rings. The smallest absolute Gasteiger partial charge is 0.143 e. The van der Waals surface area contributed by atoms with E-state index in [4.69, 9.17) is 4.74 Å². The van der Waals surface area contributed by atoms with E-state index in [1.54, 1.807) is 7.11 Å². The third kappa shape index (κ3) is 2.43. The average Bonchev–Trinajstić information content (AvgIpc) is 2.86. The van der Waals surface area contributed by atoms with Gasteiger partial charge < -0.3 is 10.1 Å². The van der Waals surface area contributed by atoms with Crippen molar-refractivity contribution in [2.75, 3.05) is 12.4 Å². The lowest BCUT2D eigenvalue weighted by atomic mass is 10.00. The molecule has 2 rings (SSSR count). The number of nitrogens with one attached hydrogen (secondary N) is 1. The molecule has 1 aliphatic carbocycles. The minimum absolute atomic E-state index is 0.471. The molecule has 0 aliphatic heterocycles. The van der Waals surface area contributed by atoms with Crippen LogP contribution in [0.2, 0.25) is 0 Å². The van der Waals surface area contributed by atoms with Crippen molar-refractivity contribution in [1.82, 2.24) is 0 Å². The standard InChI is InChI=1S/C15H20N2O/c1-3-11-6-4-8-13(11)17-15-12(10-16)7-5-9-14(15)18-2/h5,7,9,11,13,17H,3-4,6,8H2,1-2H3. The van der Waals surface area contributed by atoms with Crippen LogP contribution in [-0.4, -0.2) is 13.2 Å². The van der Waals surface area contributed by atoms with Crippen LogP contribution in [0, 0.1) is 17.2 Å². The van der Waals surface area contributed by atoms with Crippen molar-refractivity contribution < 1.29 is 4.74 Å². The van der Waals surface area contributed by atoms with E-state index in [9.17, 15) is 5.26 Å². The largest absolute Gasteiger partial charge is 0.495 e. The van der Waals surface area contributed by atoms with Gasteiger partial charge in [-0.1, -0.05) is 25.8 Å². The van der Waals surface area contributed by atoms with E-state index in [0.29, 0.717) is 17.5 Å². The Balaban J connectivity index is 2.25. The van der Waals surface area contributed by atoms with Gasteiger partial charge in [0.1, 0.15) is 11.8 Å². The van der Waals surface area contributed by atoms with Gasteiger partial charge >= 0.3 is 0 Å². The van der Waals surface area contributed by atoms with E-state index in [1.165, 1.54) is 25.7 Å². The van der Waals surface area contributed by atoms with Gasteiger partial charge in [0, 0.05) is 6.04 Å². The maximum atomic E-state index is 9.19. The number of hydrogen-bond donors (Lipinski definition) is 1. The highest BCUT2D eigenvalue weighted by molar-refractivity contribution is 5.66. The molecule has 3 nitrogen and oxygen atoms in total. The zero-order valence-electron chi connectivity index (χ0n) is 11.1. The van der Waals surface area contributed by atoms with Gasteiger partial charge in [0.15, 0.2) is 0 Å². The Morgan fingerprint density at radius 2 is 2.28 bits per heavy atom. The number of para-hydroxylation sites is 1. The van der Waals surface area contributed by atoms with E-state index < -0.39 is 0 Å². The monoisotopic (exact) mass is 244 g/mol. The molecule has 0 radical (unpaired) electrons. The van der Waals surface area contributed by atoms with Crippen LogP contribution in [0.1, 0.15) is 38.2 Å². The van der Waals surface area contributed by atoms with Gasteiger partial charge in [0.05, 0.1) is 18.4 Å². The second kappa shape index (κ2) is 5.77. The highest BCUT2D eigenvalue weighted by Gasteiger charge is 2.26. The predicted octanol–water partition coefficient (Wildman–Crippen LogP) is 3.56. The van der Waals surface area contributed by atoms with Crippen molar-refractivity contribution in [3.8, 4) is 11.8 Å². The summed E-state index contributed by atoms with van der Waals surface area (Å²) >= 11 is 0. The van der Waals surface area contributed by atoms with Gasteiger partial charge in [-0.05, 0) is 30.9 Å². The molecule has 0 heterocycles. The average molecular weight is 244 g/mol. The number of hydrogen-bond acceptors (Lipinski definition) is 3. The molecule has 2 unspecified atom stereocenters. The molecule has 0 saturated heterocycles. The number of benzene rings is 1. The fourth-order valence-corrected chi connectivity index (χ4v) is 2.84. The van der Waals surface area contributed by atoms with E-state index in [1.807, 2.05) is 18.2 Å². The highest BCUT2D eigenvalue weighted by Crippen LogP contribution is 2.35. The van der Waals surface area contributed by atoms with Gasteiger partial charge in [-0.2, -0.15) is 5.26 Å². The molecule has 0 spiro atoms. The second-order valence-electron chi connectivity index (χ2n) is 4.84. The summed E-state index contributed by atoms with van der Waals surface area (Å²) in [6.07, 6.45) is 4.93. The molecule has 1 N–H and O–H groups in total. The summed E-state index contributed by atoms with van der Waals surface area (Å²) in [6.45, 7) is 2.23. The Kier molecular flexibility index (Phi) is 4.09. The van der Waals surface area contributed by atoms with Crippen molar-refractivity contribution >= 4 is 5.69 Å². The molecule has 1 aromatic rings. The summed E-state index contributed by atoms with van der Waals surface area (Å²) in [6, 6.07) is 8.30. The Bertz CT molecular complexity index is 450. The molecule has 1 fully saturated rings. The van der Waals surface area contributed by atoms with E-state index in [-0.39, 0.29) is 0 Å². The zero-order chi connectivity index (χ0) is 13.0. The summed E-state index contributed by atoms with van der Waals surface area (Å²) in [4.78, 5) is 0. The van der Waals surface area contributed by atoms with Crippen LogP contribution in [0.15, 0.2) is 18.2 Å². The lowest BCUT2D eigenvalue weighted by Crippen LogP contribution is -2.24. The van der Waals surface area contributed by atoms with Crippen LogP contribution >= 0.6 is 0 Å². The molecular formula is C15H20N2O. The van der Waals surface area contributed by atoms with Crippen molar-refractivity contribution in [3.63, 3.8) is 0 Å². The summed E-state index contributed by atoms with van der Waals surface area (Å²) in [5.41, 5.74) is 1.52. The number of methoxy groups -OCH3 is 1. The maximum Gasteiger partial charge on any atom is 0.143 e. The van der Waals surface area contributed by atoms with Gasteiger partial charge in [0.2, 0.25) is 0 Å². The molecule has 0 bridgehead atoms. The third-order valence-electron chi connectivity index (χ3n) is 3.88. The van der Waals surface area contributed by atoms with Crippen LogP contribution in [0.4, 0.5) is 5.69 Å². The first-order valence-electron chi connectivity index (χ1n) is 6.63.